The Morgan fingerprint density at radius 1 is 1.09 bits per heavy atom. The van der Waals surface area contributed by atoms with Crippen LogP contribution in [0, 0.1) is 11.7 Å². The van der Waals surface area contributed by atoms with E-state index in [-0.39, 0.29) is 11.8 Å². The van der Waals surface area contributed by atoms with Crippen molar-refractivity contribution in [2.75, 3.05) is 18.4 Å². The Morgan fingerprint density at radius 2 is 1.94 bits per heavy atom. The molecule has 1 unspecified atom stereocenters. The molecule has 5 rings (SSSR count). The summed E-state index contributed by atoms with van der Waals surface area (Å²) in [4.78, 5) is 18.9. The topological polar surface area (TPSA) is 58.9 Å². The number of ether oxygens (including phenoxy) is 1. The van der Waals surface area contributed by atoms with Gasteiger partial charge in [-0.15, -0.1) is 0 Å². The Morgan fingerprint density at radius 3 is 2.81 bits per heavy atom. The third-order valence-corrected chi connectivity index (χ3v) is 5.71. The average molecular weight is 430 g/mol. The number of carbonyl (C=O) groups excluding carboxylic acids is 1. The minimum Gasteiger partial charge on any atom is -0.457 e. The van der Waals surface area contributed by atoms with Gasteiger partial charge in [0.2, 0.25) is 0 Å². The molecule has 1 aliphatic rings. The third-order valence-electron chi connectivity index (χ3n) is 5.71. The second-order valence-electron chi connectivity index (χ2n) is 8.00. The molecular weight excluding hydrogens is 407 g/mol. The van der Waals surface area contributed by atoms with Crippen molar-refractivity contribution in [3.05, 3.63) is 90.5 Å². The molecule has 2 aromatic carbocycles. The zero-order valence-electron chi connectivity index (χ0n) is 17.4. The fourth-order valence-corrected chi connectivity index (χ4v) is 4.13. The number of rotatable bonds is 5. The van der Waals surface area contributed by atoms with Crippen molar-refractivity contribution < 1.29 is 13.9 Å². The largest absolute Gasteiger partial charge is 0.457 e. The van der Waals surface area contributed by atoms with E-state index in [0.717, 1.165) is 36.3 Å². The van der Waals surface area contributed by atoms with Crippen molar-refractivity contribution in [3.63, 3.8) is 0 Å². The molecule has 7 heteroatoms. The monoisotopic (exact) mass is 430 g/mol. The van der Waals surface area contributed by atoms with Crippen molar-refractivity contribution >= 4 is 17.5 Å². The van der Waals surface area contributed by atoms with E-state index in [1.165, 1.54) is 12.1 Å². The third kappa shape index (κ3) is 4.42. The number of nitrogens with one attached hydrogen (secondary N) is 1. The van der Waals surface area contributed by atoms with Crippen LogP contribution in [-0.2, 0) is 6.42 Å². The summed E-state index contributed by atoms with van der Waals surface area (Å²) in [7, 11) is 0. The van der Waals surface area contributed by atoms with Gasteiger partial charge in [0.25, 0.3) is 0 Å². The van der Waals surface area contributed by atoms with Crippen LogP contribution in [0.15, 0.2) is 79.1 Å². The molecule has 2 amide bonds. The average Bonchev–Trinajstić information content (AvgIpc) is 3.46. The molecule has 2 aromatic heterocycles. The lowest BCUT2D eigenvalue weighted by atomic mass is 9.98. The number of benzene rings is 2. The van der Waals surface area contributed by atoms with Gasteiger partial charge in [-0.3, -0.25) is 9.72 Å². The Kier molecular flexibility index (Phi) is 5.46. The number of likely N-dealkylation sites (tertiary alicyclic amines) is 1. The summed E-state index contributed by atoms with van der Waals surface area (Å²) < 4.78 is 20.8. The Hall–Kier alpha value is -3.87. The van der Waals surface area contributed by atoms with Crippen molar-refractivity contribution in [2.24, 2.45) is 5.92 Å². The molecule has 32 heavy (non-hydrogen) atoms. The molecule has 0 radical (unpaired) electrons. The minimum absolute atomic E-state index is 0.0953. The van der Waals surface area contributed by atoms with E-state index in [1.807, 2.05) is 51.9 Å². The summed E-state index contributed by atoms with van der Waals surface area (Å²) in [6.07, 6.45) is 5.36. The van der Waals surface area contributed by atoms with E-state index < -0.39 is 0 Å². The number of fused-ring (bicyclic) bond motifs is 1. The first kappa shape index (κ1) is 20.1. The summed E-state index contributed by atoms with van der Waals surface area (Å²) >= 11 is 0. The molecular formula is C25H23FN4O2. The number of halogens is 1. The van der Waals surface area contributed by atoms with Gasteiger partial charge in [0, 0.05) is 25.5 Å². The zero-order valence-corrected chi connectivity index (χ0v) is 17.4. The second-order valence-corrected chi connectivity index (χ2v) is 8.00. The molecule has 1 N–H and O–H groups in total. The predicted octanol–water partition coefficient (Wildman–Crippen LogP) is 5.36. The molecule has 0 bridgehead atoms. The number of urea groups is 1. The SMILES string of the molecule is O=C(Nc1cccc2nccn12)N1CCC(Cc2cccc(Oc3ccc(F)cc3)c2)C1. The summed E-state index contributed by atoms with van der Waals surface area (Å²) in [5.41, 5.74) is 1.95. The van der Waals surface area contributed by atoms with Crippen LogP contribution in [0.2, 0.25) is 0 Å². The van der Waals surface area contributed by atoms with E-state index in [4.69, 9.17) is 4.74 Å². The fraction of sp³-hybridized carbons (Fsp3) is 0.200. The Labute approximate surface area is 185 Å². The second kappa shape index (κ2) is 8.70. The van der Waals surface area contributed by atoms with Crippen LogP contribution in [0.25, 0.3) is 5.65 Å². The predicted molar refractivity (Wildman–Crippen MR) is 121 cm³/mol. The lowest BCUT2D eigenvalue weighted by Crippen LogP contribution is -2.33. The van der Waals surface area contributed by atoms with Gasteiger partial charge >= 0.3 is 6.03 Å². The number of hydrogen-bond donors (Lipinski definition) is 1. The first-order valence-corrected chi connectivity index (χ1v) is 10.6. The van der Waals surface area contributed by atoms with Gasteiger partial charge in [-0.1, -0.05) is 18.2 Å². The fourth-order valence-electron chi connectivity index (χ4n) is 4.13. The zero-order chi connectivity index (χ0) is 21.9. The Bertz CT molecular complexity index is 1240. The highest BCUT2D eigenvalue weighted by atomic mass is 19.1. The van der Waals surface area contributed by atoms with Gasteiger partial charge in [-0.2, -0.15) is 0 Å². The molecule has 6 nitrogen and oxygen atoms in total. The molecule has 0 saturated carbocycles. The van der Waals surface area contributed by atoms with Crippen molar-refractivity contribution in [1.82, 2.24) is 14.3 Å². The molecule has 1 atom stereocenters. The normalized spacial score (nSPS) is 15.8. The molecule has 1 aliphatic heterocycles. The van der Waals surface area contributed by atoms with Gasteiger partial charge in [-0.05, 0) is 72.9 Å². The lowest BCUT2D eigenvalue weighted by Gasteiger charge is -2.18. The van der Waals surface area contributed by atoms with Gasteiger partial charge in [0.05, 0.1) is 0 Å². The van der Waals surface area contributed by atoms with Crippen LogP contribution in [-0.4, -0.2) is 33.4 Å². The molecule has 1 fully saturated rings. The smallest absolute Gasteiger partial charge is 0.322 e. The summed E-state index contributed by atoms with van der Waals surface area (Å²) in [6, 6.07) is 19.5. The molecule has 1 saturated heterocycles. The summed E-state index contributed by atoms with van der Waals surface area (Å²) in [5, 5.41) is 3.00. The van der Waals surface area contributed by atoms with Gasteiger partial charge < -0.3 is 9.64 Å². The highest BCUT2D eigenvalue weighted by Crippen LogP contribution is 2.26. The summed E-state index contributed by atoms with van der Waals surface area (Å²) in [6.45, 7) is 1.43. The first-order chi connectivity index (χ1) is 15.6. The van der Waals surface area contributed by atoms with Crippen LogP contribution in [0.5, 0.6) is 11.5 Å². The minimum atomic E-state index is -0.289. The van der Waals surface area contributed by atoms with Crippen LogP contribution in [0.4, 0.5) is 15.0 Å². The number of amides is 2. The Balaban J connectivity index is 1.19. The number of nitrogens with zero attached hydrogens (tertiary/aromatic N) is 3. The standard InChI is InChI=1S/C25H23FN4O2/c26-20-7-9-21(10-8-20)32-22-4-1-3-18(16-22)15-19-11-13-29(17-19)25(31)28-24-6-2-5-23-27-12-14-30(23)24/h1-10,12,14,16,19H,11,13,15,17H2,(H,28,31). The van der Waals surface area contributed by atoms with E-state index in [9.17, 15) is 9.18 Å². The van der Waals surface area contributed by atoms with Gasteiger partial charge in [0.1, 0.15) is 28.8 Å². The van der Waals surface area contributed by atoms with Gasteiger partial charge in [0.15, 0.2) is 0 Å². The van der Waals surface area contributed by atoms with Crippen LogP contribution < -0.4 is 10.1 Å². The number of aromatic nitrogens is 2. The van der Waals surface area contributed by atoms with Crippen LogP contribution in [0.1, 0.15) is 12.0 Å². The molecule has 162 valence electrons. The molecule has 0 aliphatic carbocycles. The van der Waals surface area contributed by atoms with E-state index >= 15 is 0 Å². The highest BCUT2D eigenvalue weighted by molar-refractivity contribution is 5.89. The van der Waals surface area contributed by atoms with Gasteiger partial charge in [-0.25, -0.2) is 14.2 Å². The molecule has 3 heterocycles. The molecule has 4 aromatic rings. The number of hydrogen-bond acceptors (Lipinski definition) is 3. The van der Waals surface area contributed by atoms with Crippen molar-refractivity contribution in [2.45, 2.75) is 12.8 Å². The lowest BCUT2D eigenvalue weighted by molar-refractivity contribution is 0.220. The van der Waals surface area contributed by atoms with E-state index in [1.54, 1.807) is 18.3 Å². The molecule has 0 spiro atoms. The number of anilines is 1. The van der Waals surface area contributed by atoms with Crippen molar-refractivity contribution in [1.29, 1.82) is 0 Å². The first-order valence-electron chi connectivity index (χ1n) is 10.6. The quantitative estimate of drug-likeness (QED) is 0.464. The maximum atomic E-state index is 13.1. The maximum Gasteiger partial charge on any atom is 0.322 e. The van der Waals surface area contributed by atoms with Crippen molar-refractivity contribution in [3.8, 4) is 11.5 Å². The van der Waals surface area contributed by atoms with E-state index in [0.29, 0.717) is 24.0 Å². The number of carbonyl (C=O) groups is 1. The van der Waals surface area contributed by atoms with Crippen LogP contribution in [0.3, 0.4) is 0 Å². The number of imidazole rings is 1. The van der Waals surface area contributed by atoms with Crippen LogP contribution >= 0.6 is 0 Å². The maximum absolute atomic E-state index is 13.1. The van der Waals surface area contributed by atoms with E-state index in [2.05, 4.69) is 16.4 Å². The number of pyridine rings is 1. The highest BCUT2D eigenvalue weighted by Gasteiger charge is 2.26. The summed E-state index contributed by atoms with van der Waals surface area (Å²) in [5.74, 6) is 2.11.